The van der Waals surface area contributed by atoms with Crippen LogP contribution in [0.25, 0.3) is 0 Å². The fraction of sp³-hybridized carbons (Fsp3) is 0.333. The minimum atomic E-state index is -0.918. The summed E-state index contributed by atoms with van der Waals surface area (Å²) in [6, 6.07) is 1.48. The van der Waals surface area contributed by atoms with E-state index in [1.807, 2.05) is 6.92 Å². The normalized spacial score (nSPS) is 12.7. The van der Waals surface area contributed by atoms with Gasteiger partial charge in [-0.1, -0.05) is 0 Å². The van der Waals surface area contributed by atoms with E-state index in [9.17, 15) is 9.50 Å². The lowest BCUT2D eigenvalue weighted by Crippen LogP contribution is -2.08. The van der Waals surface area contributed by atoms with Crippen LogP contribution in [0.1, 0.15) is 23.1 Å². The minimum Gasteiger partial charge on any atom is -0.388 e. The second-order valence-corrected chi connectivity index (χ2v) is 4.88. The molecule has 0 aliphatic carbocycles. The number of aliphatic hydroxyl groups is 1. The number of aryl methyl sites for hydroxylation is 2. The Hall–Kier alpha value is -1.27. The van der Waals surface area contributed by atoms with E-state index in [2.05, 4.69) is 26.0 Å². The van der Waals surface area contributed by atoms with Crippen molar-refractivity contribution in [3.8, 4) is 0 Å². The van der Waals surface area contributed by atoms with E-state index in [1.165, 1.54) is 12.3 Å². The van der Waals surface area contributed by atoms with Gasteiger partial charge >= 0.3 is 0 Å². The molecule has 0 aliphatic rings. The molecule has 0 saturated heterocycles. The first-order valence-electron chi connectivity index (χ1n) is 5.46. The summed E-state index contributed by atoms with van der Waals surface area (Å²) >= 11 is 3.42. The molecule has 4 nitrogen and oxygen atoms in total. The molecule has 18 heavy (non-hydrogen) atoms. The molecule has 0 saturated carbocycles. The lowest BCUT2D eigenvalue weighted by atomic mass is 10.1. The number of pyridine rings is 1. The Morgan fingerprint density at radius 2 is 2.28 bits per heavy atom. The van der Waals surface area contributed by atoms with Crippen molar-refractivity contribution >= 4 is 15.9 Å². The van der Waals surface area contributed by atoms with Crippen molar-refractivity contribution in [3.05, 3.63) is 45.7 Å². The number of aromatic nitrogens is 3. The minimum absolute atomic E-state index is 0.246. The van der Waals surface area contributed by atoms with Gasteiger partial charge in [0, 0.05) is 25.2 Å². The number of aliphatic hydroxyl groups excluding tert-OH is 1. The number of rotatable bonds is 3. The van der Waals surface area contributed by atoms with Gasteiger partial charge in [-0.05, 0) is 28.9 Å². The second-order valence-electron chi connectivity index (χ2n) is 4.09. The van der Waals surface area contributed by atoms with Gasteiger partial charge in [0.05, 0.1) is 28.2 Å². The zero-order valence-corrected chi connectivity index (χ0v) is 11.6. The SMILES string of the molecule is Cc1nn(C)c(CC(O)c2ccncc2F)c1Br. The van der Waals surface area contributed by atoms with Crippen LogP contribution in [-0.4, -0.2) is 19.9 Å². The van der Waals surface area contributed by atoms with Crippen molar-refractivity contribution < 1.29 is 9.50 Å². The van der Waals surface area contributed by atoms with E-state index < -0.39 is 11.9 Å². The van der Waals surface area contributed by atoms with E-state index in [4.69, 9.17) is 0 Å². The summed E-state index contributed by atoms with van der Waals surface area (Å²) in [6.45, 7) is 1.87. The summed E-state index contributed by atoms with van der Waals surface area (Å²) in [5.74, 6) is -0.500. The van der Waals surface area contributed by atoms with Crippen molar-refractivity contribution in [1.29, 1.82) is 0 Å². The third-order valence-corrected chi connectivity index (χ3v) is 3.84. The van der Waals surface area contributed by atoms with Crippen LogP contribution in [0.3, 0.4) is 0 Å². The average molecular weight is 314 g/mol. The van der Waals surface area contributed by atoms with Crippen LogP contribution in [0, 0.1) is 12.7 Å². The summed E-state index contributed by atoms with van der Waals surface area (Å²) in [5.41, 5.74) is 1.92. The van der Waals surface area contributed by atoms with E-state index >= 15 is 0 Å². The van der Waals surface area contributed by atoms with Gasteiger partial charge in [0.1, 0.15) is 5.82 Å². The summed E-state index contributed by atoms with van der Waals surface area (Å²) < 4.78 is 16.0. The van der Waals surface area contributed by atoms with E-state index in [1.54, 1.807) is 11.7 Å². The molecule has 0 aromatic carbocycles. The van der Waals surface area contributed by atoms with Gasteiger partial charge < -0.3 is 5.11 Å². The van der Waals surface area contributed by atoms with Gasteiger partial charge in [-0.3, -0.25) is 9.67 Å². The Morgan fingerprint density at radius 3 is 2.83 bits per heavy atom. The predicted octanol–water partition coefficient (Wildman–Crippen LogP) is 2.30. The molecule has 1 unspecified atom stereocenters. The van der Waals surface area contributed by atoms with Gasteiger partial charge in [-0.2, -0.15) is 5.10 Å². The van der Waals surface area contributed by atoms with Crippen LogP contribution < -0.4 is 0 Å². The van der Waals surface area contributed by atoms with E-state index in [-0.39, 0.29) is 5.56 Å². The topological polar surface area (TPSA) is 50.9 Å². The van der Waals surface area contributed by atoms with Gasteiger partial charge in [-0.25, -0.2) is 4.39 Å². The van der Waals surface area contributed by atoms with Gasteiger partial charge in [0.15, 0.2) is 0 Å². The van der Waals surface area contributed by atoms with Crippen molar-refractivity contribution in [2.24, 2.45) is 7.05 Å². The van der Waals surface area contributed by atoms with Crippen molar-refractivity contribution in [3.63, 3.8) is 0 Å². The predicted molar refractivity (Wildman–Crippen MR) is 68.5 cm³/mol. The fourth-order valence-corrected chi connectivity index (χ4v) is 2.35. The van der Waals surface area contributed by atoms with Crippen LogP contribution in [0.4, 0.5) is 4.39 Å². The van der Waals surface area contributed by atoms with Crippen molar-refractivity contribution in [1.82, 2.24) is 14.8 Å². The first-order valence-corrected chi connectivity index (χ1v) is 6.25. The largest absolute Gasteiger partial charge is 0.388 e. The third kappa shape index (κ3) is 2.44. The average Bonchev–Trinajstić information content (AvgIpc) is 2.56. The molecule has 0 fully saturated rings. The fourth-order valence-electron chi connectivity index (χ4n) is 1.85. The highest BCUT2D eigenvalue weighted by Gasteiger charge is 2.18. The van der Waals surface area contributed by atoms with Crippen LogP contribution >= 0.6 is 15.9 Å². The number of hydrogen-bond donors (Lipinski definition) is 1. The maximum Gasteiger partial charge on any atom is 0.147 e. The molecule has 2 rings (SSSR count). The molecular formula is C12H13BrFN3O. The molecule has 96 valence electrons. The monoisotopic (exact) mass is 313 g/mol. The Kier molecular flexibility index (Phi) is 3.77. The standard InChI is InChI=1S/C12H13BrFN3O/c1-7-12(13)10(17(2)16-7)5-11(18)8-3-4-15-6-9(8)14/h3-4,6,11,18H,5H2,1-2H3. The summed E-state index contributed by atoms with van der Waals surface area (Å²) in [7, 11) is 1.79. The number of halogens is 2. The first-order chi connectivity index (χ1) is 8.50. The van der Waals surface area contributed by atoms with Crippen LogP contribution in [0.15, 0.2) is 22.9 Å². The molecule has 0 spiro atoms. The third-order valence-electron chi connectivity index (χ3n) is 2.81. The summed E-state index contributed by atoms with van der Waals surface area (Å²) in [6.07, 6.45) is 1.94. The van der Waals surface area contributed by atoms with Gasteiger partial charge in [-0.15, -0.1) is 0 Å². The van der Waals surface area contributed by atoms with Crippen LogP contribution in [0.2, 0.25) is 0 Å². The summed E-state index contributed by atoms with van der Waals surface area (Å²) in [5, 5.41) is 14.3. The van der Waals surface area contributed by atoms with Gasteiger partial charge in [0.2, 0.25) is 0 Å². The molecule has 0 aliphatic heterocycles. The lowest BCUT2D eigenvalue weighted by Gasteiger charge is -2.12. The molecular weight excluding hydrogens is 301 g/mol. The molecule has 2 heterocycles. The Bertz CT molecular complexity index is 570. The molecule has 0 bridgehead atoms. The maximum absolute atomic E-state index is 13.5. The second kappa shape index (κ2) is 5.16. The Morgan fingerprint density at radius 1 is 1.56 bits per heavy atom. The first kappa shape index (κ1) is 13.2. The lowest BCUT2D eigenvalue weighted by molar-refractivity contribution is 0.170. The Balaban J connectivity index is 2.27. The Labute approximate surface area is 113 Å². The van der Waals surface area contributed by atoms with Crippen molar-refractivity contribution in [2.75, 3.05) is 0 Å². The van der Waals surface area contributed by atoms with Crippen LogP contribution in [-0.2, 0) is 13.5 Å². The molecule has 1 atom stereocenters. The van der Waals surface area contributed by atoms with E-state index in [0.717, 1.165) is 22.1 Å². The number of hydrogen-bond acceptors (Lipinski definition) is 3. The molecule has 2 aromatic heterocycles. The highest BCUT2D eigenvalue weighted by Crippen LogP contribution is 2.26. The van der Waals surface area contributed by atoms with Crippen molar-refractivity contribution in [2.45, 2.75) is 19.4 Å². The quantitative estimate of drug-likeness (QED) is 0.946. The zero-order chi connectivity index (χ0) is 13.3. The molecule has 0 radical (unpaired) electrons. The highest BCUT2D eigenvalue weighted by atomic mass is 79.9. The smallest absolute Gasteiger partial charge is 0.147 e. The molecule has 1 N–H and O–H groups in total. The molecule has 2 aromatic rings. The van der Waals surface area contributed by atoms with Crippen LogP contribution in [0.5, 0.6) is 0 Å². The number of nitrogens with zero attached hydrogens (tertiary/aromatic N) is 3. The highest BCUT2D eigenvalue weighted by molar-refractivity contribution is 9.10. The molecule has 6 heteroatoms. The maximum atomic E-state index is 13.5. The summed E-state index contributed by atoms with van der Waals surface area (Å²) in [4.78, 5) is 3.66. The van der Waals surface area contributed by atoms with Gasteiger partial charge in [0.25, 0.3) is 0 Å². The van der Waals surface area contributed by atoms with E-state index in [0.29, 0.717) is 6.42 Å². The molecule has 0 amide bonds. The zero-order valence-electron chi connectivity index (χ0n) is 10.1.